The molecule has 0 spiro atoms. The van der Waals surface area contributed by atoms with E-state index in [1.165, 1.54) is 12.1 Å². The zero-order valence-corrected chi connectivity index (χ0v) is 18.7. The number of aromatic nitrogens is 2. The van der Waals surface area contributed by atoms with Crippen LogP contribution in [-0.4, -0.2) is 41.1 Å². The van der Waals surface area contributed by atoms with E-state index in [0.29, 0.717) is 25.4 Å². The molecule has 27 heavy (non-hydrogen) atoms. The van der Waals surface area contributed by atoms with Crippen LogP contribution in [-0.2, 0) is 13.0 Å². The topological polar surface area (TPSA) is 66.5 Å². The number of hydrogen-bond acceptors (Lipinski definition) is 4. The van der Waals surface area contributed by atoms with Crippen molar-refractivity contribution in [3.05, 3.63) is 47.4 Å². The third-order valence-corrected chi connectivity index (χ3v) is 3.84. The van der Waals surface area contributed by atoms with Gasteiger partial charge in [0, 0.05) is 39.0 Å². The molecule has 0 unspecified atom stereocenters. The number of halogens is 2. The average molecular weight is 489 g/mol. The summed E-state index contributed by atoms with van der Waals surface area (Å²) in [5.41, 5.74) is 1.03. The predicted octanol–water partition coefficient (Wildman–Crippen LogP) is 3.98. The summed E-state index contributed by atoms with van der Waals surface area (Å²) in [6.07, 6.45) is 1.54. The van der Waals surface area contributed by atoms with Crippen molar-refractivity contribution in [3.63, 3.8) is 0 Å². The number of rotatable bonds is 8. The van der Waals surface area contributed by atoms with Crippen LogP contribution < -0.4 is 5.32 Å². The van der Waals surface area contributed by atoms with Crippen molar-refractivity contribution in [3.8, 4) is 0 Å². The summed E-state index contributed by atoms with van der Waals surface area (Å²) < 4.78 is 18.3. The maximum atomic E-state index is 13.0. The Balaban J connectivity index is 0.00000364. The minimum absolute atomic E-state index is 0. The lowest BCUT2D eigenvalue weighted by molar-refractivity contribution is 0.369. The van der Waals surface area contributed by atoms with E-state index in [1.807, 2.05) is 32.7 Å². The maximum Gasteiger partial charge on any atom is 0.226 e. The van der Waals surface area contributed by atoms with Gasteiger partial charge in [0.15, 0.2) is 11.8 Å². The van der Waals surface area contributed by atoms with Crippen LogP contribution in [0.25, 0.3) is 0 Å². The first-order valence-electron chi connectivity index (χ1n) is 9.06. The van der Waals surface area contributed by atoms with Gasteiger partial charge in [0.25, 0.3) is 0 Å². The van der Waals surface area contributed by atoms with Crippen molar-refractivity contribution >= 4 is 29.9 Å². The predicted molar refractivity (Wildman–Crippen MR) is 116 cm³/mol. The number of aliphatic imine (C=N–C) groups is 1. The van der Waals surface area contributed by atoms with E-state index in [4.69, 9.17) is 4.52 Å². The Morgan fingerprint density at radius 1 is 1.30 bits per heavy atom. The van der Waals surface area contributed by atoms with Crippen LogP contribution in [0.15, 0.2) is 33.8 Å². The molecule has 8 heteroatoms. The molecule has 0 atom stereocenters. The normalized spacial score (nSPS) is 11.4. The van der Waals surface area contributed by atoms with Crippen LogP contribution in [0.1, 0.15) is 50.4 Å². The molecule has 1 aromatic carbocycles. The Morgan fingerprint density at radius 3 is 2.59 bits per heavy atom. The molecular formula is C19H29FIN5O. The Bertz CT molecular complexity index is 702. The van der Waals surface area contributed by atoms with Gasteiger partial charge in [-0.1, -0.05) is 31.1 Å². The van der Waals surface area contributed by atoms with Gasteiger partial charge in [0.2, 0.25) is 5.89 Å². The monoisotopic (exact) mass is 489 g/mol. The lowest BCUT2D eigenvalue weighted by Gasteiger charge is -2.22. The highest BCUT2D eigenvalue weighted by molar-refractivity contribution is 14.0. The van der Waals surface area contributed by atoms with Crippen molar-refractivity contribution in [2.45, 2.75) is 46.1 Å². The number of nitrogens with zero attached hydrogens (tertiary/aromatic N) is 4. The molecule has 0 radical (unpaired) electrons. The molecule has 0 bridgehead atoms. The molecule has 6 nitrogen and oxygen atoms in total. The minimum Gasteiger partial charge on any atom is -0.357 e. The molecule has 0 aliphatic rings. The van der Waals surface area contributed by atoms with Gasteiger partial charge in [0.1, 0.15) is 5.82 Å². The molecule has 0 aliphatic heterocycles. The van der Waals surface area contributed by atoms with E-state index in [1.54, 1.807) is 12.1 Å². The number of aryl methyl sites for hydroxylation is 1. The third-order valence-electron chi connectivity index (χ3n) is 3.84. The number of guanidine groups is 1. The second-order valence-electron chi connectivity index (χ2n) is 6.52. The fraction of sp³-hybridized carbons (Fsp3) is 0.526. The highest BCUT2D eigenvalue weighted by Crippen LogP contribution is 2.11. The fourth-order valence-corrected chi connectivity index (χ4v) is 2.43. The van der Waals surface area contributed by atoms with E-state index in [9.17, 15) is 4.39 Å². The third kappa shape index (κ3) is 7.82. The zero-order valence-electron chi connectivity index (χ0n) is 16.4. The quantitative estimate of drug-likeness (QED) is 0.263. The molecular weight excluding hydrogens is 460 g/mol. The fourth-order valence-electron chi connectivity index (χ4n) is 2.43. The summed E-state index contributed by atoms with van der Waals surface area (Å²) in [5.74, 6) is 2.28. The molecule has 0 amide bonds. The van der Waals surface area contributed by atoms with Crippen LogP contribution in [0.4, 0.5) is 4.39 Å². The summed E-state index contributed by atoms with van der Waals surface area (Å²) in [6.45, 7) is 8.22. The van der Waals surface area contributed by atoms with E-state index in [2.05, 4.69) is 20.4 Å². The first-order chi connectivity index (χ1) is 12.5. The molecule has 0 saturated heterocycles. The lowest BCUT2D eigenvalue weighted by atomic mass is 10.2. The highest BCUT2D eigenvalue weighted by Gasteiger charge is 2.10. The molecule has 2 aromatic rings. The van der Waals surface area contributed by atoms with E-state index in [-0.39, 0.29) is 35.7 Å². The van der Waals surface area contributed by atoms with E-state index in [0.717, 1.165) is 30.3 Å². The standard InChI is InChI=1S/C19H28FN5O.HI/c1-5-21-19(25(4)13-15-8-10-16(20)11-9-15)22-12-6-7-17-23-18(14(2)3)24-26-17;/h8-11,14H,5-7,12-13H2,1-4H3,(H,21,22);1H. The summed E-state index contributed by atoms with van der Waals surface area (Å²) in [7, 11) is 1.97. The van der Waals surface area contributed by atoms with Crippen LogP contribution in [0, 0.1) is 5.82 Å². The van der Waals surface area contributed by atoms with E-state index < -0.39 is 0 Å². The molecule has 1 N–H and O–H groups in total. The molecule has 0 fully saturated rings. The van der Waals surface area contributed by atoms with Gasteiger partial charge in [-0.3, -0.25) is 4.99 Å². The van der Waals surface area contributed by atoms with E-state index >= 15 is 0 Å². The Kier molecular flexibility index (Phi) is 10.3. The number of nitrogens with one attached hydrogen (secondary N) is 1. The SMILES string of the molecule is CCNC(=NCCCc1nc(C(C)C)no1)N(C)Cc1ccc(F)cc1.I. The lowest BCUT2D eigenvalue weighted by Crippen LogP contribution is -2.38. The molecule has 1 aromatic heterocycles. The second-order valence-corrected chi connectivity index (χ2v) is 6.52. The second kappa shape index (κ2) is 11.9. The van der Waals surface area contributed by atoms with Gasteiger partial charge < -0.3 is 14.7 Å². The molecule has 150 valence electrons. The molecule has 0 saturated carbocycles. The average Bonchev–Trinajstić information content (AvgIpc) is 3.09. The smallest absolute Gasteiger partial charge is 0.226 e. The first kappa shape index (κ1) is 23.3. The van der Waals surface area contributed by atoms with Gasteiger partial charge in [-0.2, -0.15) is 4.98 Å². The van der Waals surface area contributed by atoms with Crippen molar-refractivity contribution in [2.75, 3.05) is 20.1 Å². The Hall–Kier alpha value is -1.71. The summed E-state index contributed by atoms with van der Waals surface area (Å²) in [6, 6.07) is 6.53. The molecule has 2 rings (SSSR count). The van der Waals surface area contributed by atoms with Gasteiger partial charge in [-0.25, -0.2) is 4.39 Å². The van der Waals surface area contributed by atoms with Crippen LogP contribution in [0.5, 0.6) is 0 Å². The highest BCUT2D eigenvalue weighted by atomic mass is 127. The van der Waals surface area contributed by atoms with Gasteiger partial charge in [-0.15, -0.1) is 24.0 Å². The van der Waals surface area contributed by atoms with Crippen LogP contribution in [0.2, 0.25) is 0 Å². The van der Waals surface area contributed by atoms with Gasteiger partial charge in [0.05, 0.1) is 0 Å². The Labute approximate surface area is 177 Å². The summed E-state index contributed by atoms with van der Waals surface area (Å²) in [5, 5.41) is 7.25. The van der Waals surface area contributed by atoms with Crippen LogP contribution >= 0.6 is 24.0 Å². The molecule has 1 heterocycles. The number of hydrogen-bond donors (Lipinski definition) is 1. The van der Waals surface area contributed by atoms with Crippen LogP contribution in [0.3, 0.4) is 0 Å². The summed E-state index contributed by atoms with van der Waals surface area (Å²) >= 11 is 0. The summed E-state index contributed by atoms with van der Waals surface area (Å²) in [4.78, 5) is 11.1. The van der Waals surface area contributed by atoms with Crippen molar-refractivity contribution in [1.29, 1.82) is 0 Å². The molecule has 0 aliphatic carbocycles. The maximum absolute atomic E-state index is 13.0. The van der Waals surface area contributed by atoms with Crippen molar-refractivity contribution < 1.29 is 8.91 Å². The van der Waals surface area contributed by atoms with Gasteiger partial charge in [-0.05, 0) is 31.0 Å². The number of benzene rings is 1. The zero-order chi connectivity index (χ0) is 18.9. The first-order valence-corrected chi connectivity index (χ1v) is 9.06. The van der Waals surface area contributed by atoms with Crippen molar-refractivity contribution in [2.24, 2.45) is 4.99 Å². The minimum atomic E-state index is -0.223. The van der Waals surface area contributed by atoms with Gasteiger partial charge >= 0.3 is 0 Å². The Morgan fingerprint density at radius 2 is 2.00 bits per heavy atom. The van der Waals surface area contributed by atoms with Crippen molar-refractivity contribution in [1.82, 2.24) is 20.4 Å². The largest absolute Gasteiger partial charge is 0.357 e.